The van der Waals surface area contributed by atoms with Crippen LogP contribution in [-0.2, 0) is 16.2 Å². The zero-order valence-corrected chi connectivity index (χ0v) is 15.8. The van der Waals surface area contributed by atoms with Gasteiger partial charge in [-0.2, -0.15) is 13.2 Å². The number of nitrogens with one attached hydrogen (secondary N) is 2. The lowest BCUT2D eigenvalue weighted by molar-refractivity contribution is -0.137. The maximum Gasteiger partial charge on any atom is 0.418 e. The van der Waals surface area contributed by atoms with Gasteiger partial charge in [-0.05, 0) is 55.3 Å². The Morgan fingerprint density at radius 1 is 1.00 bits per heavy atom. The number of sulfonamides is 1. The molecule has 0 aliphatic carbocycles. The average molecular weight is 431 g/mol. The van der Waals surface area contributed by atoms with E-state index in [1.807, 2.05) is 0 Å². The number of alkyl halides is 3. The Morgan fingerprint density at radius 3 is 2.21 bits per heavy atom. The number of rotatable bonds is 4. The molecule has 0 spiro atoms. The molecule has 0 radical (unpaired) electrons. The first kappa shape index (κ1) is 20.9. The molecule has 1 fully saturated rings. The van der Waals surface area contributed by atoms with Gasteiger partial charge >= 0.3 is 12.2 Å². The van der Waals surface area contributed by atoms with Crippen molar-refractivity contribution in [2.45, 2.75) is 23.9 Å². The third kappa shape index (κ3) is 4.97. The number of nitrogens with zero attached hydrogens (tertiary/aromatic N) is 1. The minimum absolute atomic E-state index is 0.0138. The van der Waals surface area contributed by atoms with E-state index in [4.69, 9.17) is 0 Å². The first-order valence-corrected chi connectivity index (χ1v) is 10.1. The molecule has 0 bridgehead atoms. The highest BCUT2D eigenvalue weighted by Crippen LogP contribution is 2.39. The lowest BCUT2D eigenvalue weighted by Gasteiger charge is -2.23. The molecular weight excluding hydrogens is 414 g/mol. The molecule has 2 aromatic carbocycles. The van der Waals surface area contributed by atoms with Crippen LogP contribution in [0.2, 0.25) is 0 Å². The van der Waals surface area contributed by atoms with Gasteiger partial charge in [0.05, 0.1) is 10.5 Å². The monoisotopic (exact) mass is 431 g/mol. The van der Waals surface area contributed by atoms with Crippen LogP contribution in [0, 0.1) is 5.82 Å². The molecule has 3 rings (SSSR count). The maximum atomic E-state index is 13.5. The van der Waals surface area contributed by atoms with Gasteiger partial charge in [-0.25, -0.2) is 22.3 Å². The van der Waals surface area contributed by atoms with Crippen molar-refractivity contribution in [3.63, 3.8) is 0 Å². The Bertz CT molecular complexity index is 1000. The van der Waals surface area contributed by atoms with Crippen LogP contribution in [-0.4, -0.2) is 27.5 Å². The summed E-state index contributed by atoms with van der Waals surface area (Å²) in [4.78, 5) is 13.3. The summed E-state index contributed by atoms with van der Waals surface area (Å²) in [6.07, 6.45) is -3.06. The molecule has 1 aliphatic heterocycles. The van der Waals surface area contributed by atoms with E-state index in [2.05, 4.69) is 5.32 Å². The molecule has 2 aromatic rings. The highest BCUT2D eigenvalue weighted by atomic mass is 32.2. The normalized spacial score (nSPS) is 14.7. The first-order valence-electron chi connectivity index (χ1n) is 8.62. The summed E-state index contributed by atoms with van der Waals surface area (Å²) in [5.41, 5.74) is -1.12. The lowest BCUT2D eigenvalue weighted by atomic mass is 10.1. The minimum Gasteiger partial charge on any atom is -0.371 e. The molecule has 2 amide bonds. The van der Waals surface area contributed by atoms with Crippen molar-refractivity contribution >= 4 is 27.4 Å². The number of halogens is 4. The fourth-order valence-electron chi connectivity index (χ4n) is 3.03. The van der Waals surface area contributed by atoms with Crippen LogP contribution in [0.25, 0.3) is 0 Å². The Morgan fingerprint density at radius 2 is 1.62 bits per heavy atom. The van der Waals surface area contributed by atoms with Gasteiger partial charge < -0.3 is 10.2 Å². The number of anilines is 2. The maximum absolute atomic E-state index is 13.5. The van der Waals surface area contributed by atoms with Crippen LogP contribution in [0.3, 0.4) is 0 Å². The number of benzene rings is 2. The third-order valence-corrected chi connectivity index (χ3v) is 5.70. The molecule has 11 heteroatoms. The summed E-state index contributed by atoms with van der Waals surface area (Å²) < 4.78 is 79.2. The lowest BCUT2D eigenvalue weighted by Crippen LogP contribution is -2.34. The van der Waals surface area contributed by atoms with E-state index in [-0.39, 0.29) is 16.3 Å². The molecule has 2 N–H and O–H groups in total. The Labute approximate surface area is 164 Å². The summed E-state index contributed by atoms with van der Waals surface area (Å²) in [6.45, 7) is 1.01. The van der Waals surface area contributed by atoms with E-state index in [1.54, 1.807) is 9.62 Å². The fourth-order valence-corrected chi connectivity index (χ4v) is 3.93. The topological polar surface area (TPSA) is 78.5 Å². The molecular formula is C18H17F4N3O3S. The molecule has 156 valence electrons. The molecule has 1 aliphatic rings. The summed E-state index contributed by atoms with van der Waals surface area (Å²) >= 11 is 0. The Hall–Kier alpha value is -2.82. The Kier molecular flexibility index (Phi) is 5.69. The van der Waals surface area contributed by atoms with Gasteiger partial charge in [0, 0.05) is 24.5 Å². The summed E-state index contributed by atoms with van der Waals surface area (Å²) in [5.74, 6) is -0.661. The van der Waals surface area contributed by atoms with Crippen LogP contribution in [0.1, 0.15) is 18.4 Å². The fraction of sp³-hybridized carbons (Fsp3) is 0.278. The van der Waals surface area contributed by atoms with E-state index in [9.17, 15) is 30.8 Å². The number of hydrogen-bond donors (Lipinski definition) is 2. The SMILES string of the molecule is O=C(Nc1ccc(N2CCCC2)c(C(F)(F)F)c1)NS(=O)(=O)c1ccc(F)cc1. The zero-order chi connectivity index (χ0) is 21.2. The molecule has 6 nitrogen and oxygen atoms in total. The van der Waals surface area contributed by atoms with Crippen LogP contribution in [0.5, 0.6) is 0 Å². The second-order valence-corrected chi connectivity index (χ2v) is 8.12. The molecule has 1 heterocycles. The van der Waals surface area contributed by atoms with Crippen LogP contribution >= 0.6 is 0 Å². The van der Waals surface area contributed by atoms with Gasteiger partial charge in [0.1, 0.15) is 5.82 Å². The highest BCUT2D eigenvalue weighted by Gasteiger charge is 2.36. The van der Waals surface area contributed by atoms with Crippen LogP contribution < -0.4 is 14.9 Å². The quantitative estimate of drug-likeness (QED) is 0.719. The van der Waals surface area contributed by atoms with Crippen molar-refractivity contribution in [3.8, 4) is 0 Å². The predicted octanol–water partition coefficient (Wildman–Crippen LogP) is 3.96. The van der Waals surface area contributed by atoms with Crippen LogP contribution in [0.4, 0.5) is 33.7 Å². The number of hydrogen-bond acceptors (Lipinski definition) is 4. The summed E-state index contributed by atoms with van der Waals surface area (Å²) in [7, 11) is -4.32. The summed E-state index contributed by atoms with van der Waals surface area (Å²) in [6, 6.07) is 5.76. The molecule has 0 unspecified atom stereocenters. The average Bonchev–Trinajstić information content (AvgIpc) is 3.15. The van der Waals surface area contributed by atoms with Gasteiger partial charge in [0.25, 0.3) is 10.0 Å². The number of amides is 2. The van der Waals surface area contributed by atoms with Gasteiger partial charge in [0.15, 0.2) is 0 Å². The van der Waals surface area contributed by atoms with Gasteiger partial charge in [-0.15, -0.1) is 0 Å². The van der Waals surface area contributed by atoms with Crippen molar-refractivity contribution < 1.29 is 30.8 Å². The van der Waals surface area contributed by atoms with Crippen molar-refractivity contribution in [2.75, 3.05) is 23.3 Å². The van der Waals surface area contributed by atoms with Crippen molar-refractivity contribution in [1.29, 1.82) is 0 Å². The second-order valence-electron chi connectivity index (χ2n) is 6.44. The number of carbonyl (C=O) groups excluding carboxylic acids is 1. The van der Waals surface area contributed by atoms with E-state index >= 15 is 0 Å². The van der Waals surface area contributed by atoms with Gasteiger partial charge in [-0.1, -0.05) is 0 Å². The smallest absolute Gasteiger partial charge is 0.371 e. The molecule has 0 atom stereocenters. The van der Waals surface area contributed by atoms with Crippen LogP contribution in [0.15, 0.2) is 47.4 Å². The Balaban J connectivity index is 1.78. The van der Waals surface area contributed by atoms with E-state index < -0.39 is 33.6 Å². The van der Waals surface area contributed by atoms with Crippen molar-refractivity contribution in [1.82, 2.24) is 4.72 Å². The van der Waals surface area contributed by atoms with E-state index in [0.29, 0.717) is 13.1 Å². The van der Waals surface area contributed by atoms with Gasteiger partial charge in [0.2, 0.25) is 0 Å². The molecule has 1 saturated heterocycles. The third-order valence-electron chi connectivity index (χ3n) is 4.36. The largest absolute Gasteiger partial charge is 0.418 e. The minimum atomic E-state index is -4.65. The second kappa shape index (κ2) is 7.90. The zero-order valence-electron chi connectivity index (χ0n) is 15.0. The molecule has 0 saturated carbocycles. The first-order chi connectivity index (χ1) is 13.6. The molecule has 0 aromatic heterocycles. The predicted molar refractivity (Wildman–Crippen MR) is 98.6 cm³/mol. The van der Waals surface area contributed by atoms with E-state index in [1.165, 1.54) is 12.1 Å². The van der Waals surface area contributed by atoms with Crippen molar-refractivity contribution in [2.24, 2.45) is 0 Å². The van der Waals surface area contributed by atoms with Crippen molar-refractivity contribution in [3.05, 3.63) is 53.8 Å². The van der Waals surface area contributed by atoms with E-state index in [0.717, 1.165) is 43.2 Å². The summed E-state index contributed by atoms with van der Waals surface area (Å²) in [5, 5.41) is 2.09. The number of urea groups is 1. The number of carbonyl (C=O) groups is 1. The van der Waals surface area contributed by atoms with Gasteiger partial charge in [-0.3, -0.25) is 0 Å². The highest BCUT2D eigenvalue weighted by molar-refractivity contribution is 7.90. The standard InChI is InChI=1S/C18H17F4N3O3S/c19-12-3-6-14(7-4-12)29(27,28)24-17(26)23-13-5-8-16(25-9-1-2-10-25)15(11-13)18(20,21)22/h3-8,11H,1-2,9-10H2,(H2,23,24,26). The molecule has 29 heavy (non-hydrogen) atoms.